The third kappa shape index (κ3) is 3.13. The molecule has 1 aliphatic rings. The van der Waals surface area contributed by atoms with Crippen LogP contribution in [0.4, 0.5) is 0 Å². The molecule has 0 spiro atoms. The van der Waals surface area contributed by atoms with Gasteiger partial charge in [-0.3, -0.25) is 0 Å². The molecule has 1 fully saturated rings. The van der Waals surface area contributed by atoms with Gasteiger partial charge in [0.2, 0.25) is 10.0 Å². The molecule has 6 nitrogen and oxygen atoms in total. The number of nitrogens with zero attached hydrogens (tertiary/aromatic N) is 1. The molecule has 1 aliphatic heterocycles. The van der Waals surface area contributed by atoms with Crippen LogP contribution in [-0.4, -0.2) is 56.9 Å². The smallest absolute Gasteiger partial charge is 0.243 e. The Balaban J connectivity index is 2.37. The topological polar surface area (TPSA) is 91.8 Å². The number of rotatable bonds is 3. The summed E-state index contributed by atoms with van der Waals surface area (Å²) in [6.07, 6.45) is -1.19. The molecule has 1 heterocycles. The predicted octanol–water partition coefficient (Wildman–Crippen LogP) is 0.0818. The van der Waals surface area contributed by atoms with Gasteiger partial charge in [-0.25, -0.2) is 16.8 Å². The summed E-state index contributed by atoms with van der Waals surface area (Å²) in [7, 11) is -5.93. The van der Waals surface area contributed by atoms with Gasteiger partial charge < -0.3 is 5.11 Å². The van der Waals surface area contributed by atoms with Crippen LogP contribution in [0.5, 0.6) is 0 Å². The minimum atomic E-state index is -3.84. The maximum atomic E-state index is 12.6. The first-order chi connectivity index (χ1) is 9.54. The van der Waals surface area contributed by atoms with Gasteiger partial charge in [0.05, 0.1) is 28.5 Å². The number of benzene rings is 1. The van der Waals surface area contributed by atoms with Crippen LogP contribution in [-0.2, 0) is 19.9 Å². The van der Waals surface area contributed by atoms with E-state index in [9.17, 15) is 21.9 Å². The van der Waals surface area contributed by atoms with E-state index in [2.05, 4.69) is 0 Å². The van der Waals surface area contributed by atoms with E-state index in [1.165, 1.54) is 13.1 Å². The van der Waals surface area contributed by atoms with Crippen molar-refractivity contribution in [1.29, 1.82) is 0 Å². The first-order valence-electron chi connectivity index (χ1n) is 6.48. The molecular formula is C13H19NO5S2. The molecule has 21 heavy (non-hydrogen) atoms. The fraction of sp³-hybridized carbons (Fsp3) is 0.538. The quantitative estimate of drug-likeness (QED) is 0.846. The number of aliphatic hydroxyl groups is 1. The Morgan fingerprint density at radius 2 is 1.81 bits per heavy atom. The van der Waals surface area contributed by atoms with Gasteiger partial charge in [0.25, 0.3) is 0 Å². The summed E-state index contributed by atoms with van der Waals surface area (Å²) in [4.78, 5) is 0.101. The molecule has 2 rings (SSSR count). The zero-order valence-corrected chi connectivity index (χ0v) is 13.8. The number of sulfonamides is 1. The van der Waals surface area contributed by atoms with E-state index in [4.69, 9.17) is 0 Å². The minimum Gasteiger partial charge on any atom is -0.390 e. The van der Waals surface area contributed by atoms with Gasteiger partial charge in [-0.05, 0) is 37.1 Å². The average molecular weight is 333 g/mol. The van der Waals surface area contributed by atoms with Gasteiger partial charge in [-0.15, -0.1) is 0 Å². The van der Waals surface area contributed by atoms with Crippen molar-refractivity contribution in [3.8, 4) is 0 Å². The Bertz CT molecular complexity index is 755. The van der Waals surface area contributed by atoms with Crippen molar-refractivity contribution in [2.24, 2.45) is 0 Å². The highest BCUT2D eigenvalue weighted by molar-refractivity contribution is 7.92. The summed E-state index contributed by atoms with van der Waals surface area (Å²) in [5.74, 6) is -0.751. The lowest BCUT2D eigenvalue weighted by Crippen LogP contribution is -2.44. The van der Waals surface area contributed by atoms with E-state index < -0.39 is 37.8 Å². The molecule has 1 aromatic carbocycles. The van der Waals surface area contributed by atoms with Gasteiger partial charge >= 0.3 is 0 Å². The maximum absolute atomic E-state index is 12.6. The van der Waals surface area contributed by atoms with Crippen LogP contribution in [0, 0.1) is 13.8 Å². The monoisotopic (exact) mass is 333 g/mol. The van der Waals surface area contributed by atoms with Crippen molar-refractivity contribution >= 4 is 19.9 Å². The molecule has 0 unspecified atom stereocenters. The summed E-state index contributed by atoms with van der Waals surface area (Å²) >= 11 is 0. The second-order valence-corrected chi connectivity index (χ2v) is 9.63. The molecule has 0 aliphatic carbocycles. The zero-order chi connectivity index (χ0) is 16.0. The number of sulfone groups is 1. The maximum Gasteiger partial charge on any atom is 0.243 e. The lowest BCUT2D eigenvalue weighted by molar-refractivity contribution is 0.137. The van der Waals surface area contributed by atoms with E-state index in [1.807, 2.05) is 13.8 Å². The van der Waals surface area contributed by atoms with Crippen molar-refractivity contribution < 1.29 is 21.9 Å². The minimum absolute atomic E-state index is 0.101. The lowest BCUT2D eigenvalue weighted by atomic mass is 10.1. The van der Waals surface area contributed by atoms with E-state index in [0.717, 1.165) is 15.4 Å². The Hall–Kier alpha value is -0.960. The molecule has 0 radical (unpaired) electrons. The normalized spacial score (nSPS) is 25.4. The van der Waals surface area contributed by atoms with Gasteiger partial charge in [0.1, 0.15) is 0 Å². The SMILES string of the molecule is Cc1ccc(S(=O)(=O)N(C)[C@@H]2CS(=O)(=O)C[C@@H]2O)cc1C. The van der Waals surface area contributed by atoms with Crippen LogP contribution in [0.3, 0.4) is 0 Å². The number of aryl methyl sites for hydroxylation is 2. The largest absolute Gasteiger partial charge is 0.390 e. The first-order valence-corrected chi connectivity index (χ1v) is 9.74. The van der Waals surface area contributed by atoms with Crippen molar-refractivity contribution in [3.05, 3.63) is 29.3 Å². The predicted molar refractivity (Wildman–Crippen MR) is 79.3 cm³/mol. The number of aliphatic hydroxyl groups excluding tert-OH is 1. The highest BCUT2D eigenvalue weighted by Crippen LogP contribution is 2.25. The number of hydrogen-bond acceptors (Lipinski definition) is 5. The molecule has 118 valence electrons. The van der Waals surface area contributed by atoms with Gasteiger partial charge in [0, 0.05) is 7.05 Å². The molecule has 0 aromatic heterocycles. The van der Waals surface area contributed by atoms with Crippen molar-refractivity contribution in [2.45, 2.75) is 30.9 Å². The van der Waals surface area contributed by atoms with E-state index in [1.54, 1.807) is 12.1 Å². The summed E-state index contributed by atoms with van der Waals surface area (Å²) in [5, 5.41) is 9.82. The average Bonchev–Trinajstić information content (AvgIpc) is 2.65. The number of hydrogen-bond donors (Lipinski definition) is 1. The molecule has 1 aromatic rings. The van der Waals surface area contributed by atoms with Crippen LogP contribution in [0.2, 0.25) is 0 Å². The third-order valence-corrected chi connectivity index (χ3v) is 7.49. The highest BCUT2D eigenvalue weighted by Gasteiger charge is 2.42. The van der Waals surface area contributed by atoms with E-state index >= 15 is 0 Å². The Labute approximate surface area is 125 Å². The summed E-state index contributed by atoms with van der Waals surface area (Å²) in [6.45, 7) is 3.69. The van der Waals surface area contributed by atoms with E-state index in [0.29, 0.717) is 0 Å². The van der Waals surface area contributed by atoms with Gasteiger partial charge in [-0.2, -0.15) is 4.31 Å². The Morgan fingerprint density at radius 3 is 2.29 bits per heavy atom. The second kappa shape index (κ2) is 5.35. The molecule has 0 bridgehead atoms. The molecular weight excluding hydrogens is 314 g/mol. The summed E-state index contributed by atoms with van der Waals surface area (Å²) < 4.78 is 49.2. The molecule has 0 saturated carbocycles. The van der Waals surface area contributed by atoms with Crippen molar-refractivity contribution in [1.82, 2.24) is 4.31 Å². The van der Waals surface area contributed by atoms with Crippen LogP contribution >= 0.6 is 0 Å². The molecule has 1 N–H and O–H groups in total. The third-order valence-electron chi connectivity index (χ3n) is 3.92. The fourth-order valence-corrected chi connectivity index (χ4v) is 5.79. The molecule has 2 atom stereocenters. The van der Waals surface area contributed by atoms with Crippen molar-refractivity contribution in [3.63, 3.8) is 0 Å². The molecule has 8 heteroatoms. The summed E-state index contributed by atoms with van der Waals surface area (Å²) in [6, 6.07) is 3.81. The van der Waals surface area contributed by atoms with Gasteiger partial charge in [-0.1, -0.05) is 6.07 Å². The standard InChI is InChI=1S/C13H19NO5S2/c1-9-4-5-11(6-10(9)2)21(18,19)14(3)12-7-20(16,17)8-13(12)15/h4-6,12-13,15H,7-8H2,1-3H3/t12-,13+/m1/s1. The zero-order valence-electron chi connectivity index (χ0n) is 12.1. The molecule has 0 amide bonds. The van der Waals surface area contributed by atoms with Crippen molar-refractivity contribution in [2.75, 3.05) is 18.6 Å². The van der Waals surface area contributed by atoms with Crippen LogP contribution in [0.1, 0.15) is 11.1 Å². The summed E-state index contributed by atoms with van der Waals surface area (Å²) in [5.41, 5.74) is 1.81. The first kappa shape index (κ1) is 16.4. The second-order valence-electron chi connectivity index (χ2n) is 5.48. The van der Waals surface area contributed by atoms with Crippen LogP contribution < -0.4 is 0 Å². The fourth-order valence-electron chi connectivity index (χ4n) is 2.38. The molecule has 1 saturated heterocycles. The Kier molecular flexibility index (Phi) is 4.18. The van der Waals surface area contributed by atoms with Crippen LogP contribution in [0.15, 0.2) is 23.1 Å². The Morgan fingerprint density at radius 1 is 1.19 bits per heavy atom. The van der Waals surface area contributed by atoms with Crippen LogP contribution in [0.25, 0.3) is 0 Å². The van der Waals surface area contributed by atoms with Gasteiger partial charge in [0.15, 0.2) is 9.84 Å². The lowest BCUT2D eigenvalue weighted by Gasteiger charge is -2.25. The van der Waals surface area contributed by atoms with E-state index in [-0.39, 0.29) is 10.6 Å². The number of likely N-dealkylation sites (N-methyl/N-ethyl adjacent to an activating group) is 1. The highest BCUT2D eigenvalue weighted by atomic mass is 32.2.